The molecule has 0 fully saturated rings. The van der Waals surface area contributed by atoms with E-state index in [1.807, 2.05) is 13.0 Å². The van der Waals surface area contributed by atoms with Crippen LogP contribution >= 0.6 is 27.5 Å². The lowest BCUT2D eigenvalue weighted by Crippen LogP contribution is -2.25. The van der Waals surface area contributed by atoms with Gasteiger partial charge in [-0.1, -0.05) is 39.7 Å². The summed E-state index contributed by atoms with van der Waals surface area (Å²) in [5.41, 5.74) is 1.26. The zero-order chi connectivity index (χ0) is 14.9. The molecule has 1 atom stereocenters. The highest BCUT2D eigenvalue weighted by atomic mass is 79.9. The van der Waals surface area contributed by atoms with Gasteiger partial charge >= 0.3 is 0 Å². The van der Waals surface area contributed by atoms with Crippen LogP contribution in [0.15, 0.2) is 40.9 Å². The van der Waals surface area contributed by atoms with Crippen molar-refractivity contribution in [1.82, 2.24) is 0 Å². The summed E-state index contributed by atoms with van der Waals surface area (Å²) in [5, 5.41) is 11.2. The Kier molecular flexibility index (Phi) is 4.52. The molecule has 0 heterocycles. The van der Waals surface area contributed by atoms with E-state index >= 15 is 0 Å². The molecule has 0 aliphatic heterocycles. The van der Waals surface area contributed by atoms with Crippen molar-refractivity contribution in [3.63, 3.8) is 0 Å². The molecule has 0 spiro atoms. The maximum absolute atomic E-state index is 13.1. The predicted molar refractivity (Wildman–Crippen MR) is 83.6 cm³/mol. The Bertz CT molecular complexity index is 640. The van der Waals surface area contributed by atoms with Gasteiger partial charge in [0.05, 0.1) is 5.60 Å². The van der Waals surface area contributed by atoms with Gasteiger partial charge in [0.1, 0.15) is 5.82 Å². The van der Waals surface area contributed by atoms with Crippen molar-refractivity contribution in [2.45, 2.75) is 25.9 Å². The predicted octanol–water partition coefficient (Wildman–Crippen LogP) is 5.00. The Hall–Kier alpha value is -0.900. The van der Waals surface area contributed by atoms with Crippen molar-refractivity contribution in [1.29, 1.82) is 0 Å². The average molecular weight is 358 g/mol. The van der Waals surface area contributed by atoms with E-state index in [2.05, 4.69) is 15.9 Å². The number of hydrogen-bond acceptors (Lipinski definition) is 1. The van der Waals surface area contributed by atoms with Crippen molar-refractivity contribution in [3.05, 3.63) is 68.4 Å². The fraction of sp³-hybridized carbons (Fsp3) is 0.250. The molecule has 2 rings (SSSR count). The lowest BCUT2D eigenvalue weighted by Gasteiger charge is -2.26. The van der Waals surface area contributed by atoms with E-state index in [0.29, 0.717) is 17.0 Å². The lowest BCUT2D eigenvalue weighted by molar-refractivity contribution is 0.0575. The molecule has 106 valence electrons. The summed E-state index contributed by atoms with van der Waals surface area (Å²) in [6.45, 7) is 3.54. The van der Waals surface area contributed by atoms with Gasteiger partial charge in [0.15, 0.2) is 0 Å². The van der Waals surface area contributed by atoms with Gasteiger partial charge in [-0.05, 0) is 49.2 Å². The summed E-state index contributed by atoms with van der Waals surface area (Å²) in [7, 11) is 0. The summed E-state index contributed by atoms with van der Waals surface area (Å²) in [5.74, 6) is -0.271. The third kappa shape index (κ3) is 3.40. The third-order valence-corrected chi connectivity index (χ3v) is 4.16. The molecule has 4 heteroatoms. The maximum atomic E-state index is 13.1. The minimum atomic E-state index is -1.11. The summed E-state index contributed by atoms with van der Waals surface area (Å²) in [6, 6.07) is 9.96. The van der Waals surface area contributed by atoms with Gasteiger partial charge in [-0.3, -0.25) is 0 Å². The first kappa shape index (κ1) is 15.5. The molecule has 1 nitrogen and oxygen atoms in total. The molecule has 20 heavy (non-hydrogen) atoms. The summed E-state index contributed by atoms with van der Waals surface area (Å²) in [4.78, 5) is 0. The Morgan fingerprint density at radius 2 is 1.95 bits per heavy atom. The smallest absolute Gasteiger partial charge is 0.123 e. The van der Waals surface area contributed by atoms with E-state index < -0.39 is 5.60 Å². The molecule has 0 amide bonds. The fourth-order valence-corrected chi connectivity index (χ4v) is 3.13. The van der Waals surface area contributed by atoms with Crippen LogP contribution < -0.4 is 0 Å². The summed E-state index contributed by atoms with van der Waals surface area (Å²) in [6.07, 6.45) is 0.375. The molecular weight excluding hydrogens is 343 g/mol. The van der Waals surface area contributed by atoms with E-state index in [1.165, 1.54) is 12.1 Å². The maximum Gasteiger partial charge on any atom is 0.123 e. The van der Waals surface area contributed by atoms with Crippen molar-refractivity contribution >= 4 is 27.5 Å². The molecule has 0 aromatic heterocycles. The zero-order valence-electron chi connectivity index (χ0n) is 11.3. The second-order valence-electron chi connectivity index (χ2n) is 5.15. The van der Waals surface area contributed by atoms with Gasteiger partial charge < -0.3 is 5.11 Å². The van der Waals surface area contributed by atoms with E-state index in [4.69, 9.17) is 11.6 Å². The number of benzene rings is 2. The van der Waals surface area contributed by atoms with Gasteiger partial charge in [0.25, 0.3) is 0 Å². The first-order valence-electron chi connectivity index (χ1n) is 6.22. The molecule has 0 aliphatic rings. The average Bonchev–Trinajstić information content (AvgIpc) is 2.32. The molecule has 0 bridgehead atoms. The number of hydrogen-bond donors (Lipinski definition) is 1. The van der Waals surface area contributed by atoms with Crippen LogP contribution in [0.1, 0.15) is 23.6 Å². The van der Waals surface area contributed by atoms with Crippen LogP contribution in [0.25, 0.3) is 0 Å². The van der Waals surface area contributed by atoms with Gasteiger partial charge in [0.2, 0.25) is 0 Å². The van der Waals surface area contributed by atoms with Crippen molar-refractivity contribution in [3.8, 4) is 0 Å². The van der Waals surface area contributed by atoms with Gasteiger partial charge in [0, 0.05) is 21.5 Å². The molecule has 2 aromatic carbocycles. The minimum Gasteiger partial charge on any atom is -0.385 e. The Morgan fingerprint density at radius 3 is 2.55 bits per heavy atom. The van der Waals surface area contributed by atoms with Crippen LogP contribution in [-0.4, -0.2) is 5.11 Å². The zero-order valence-corrected chi connectivity index (χ0v) is 13.6. The fourth-order valence-electron chi connectivity index (χ4n) is 2.25. The van der Waals surface area contributed by atoms with Gasteiger partial charge in [-0.25, -0.2) is 4.39 Å². The molecule has 1 unspecified atom stereocenters. The first-order chi connectivity index (χ1) is 9.29. The van der Waals surface area contributed by atoms with E-state index in [9.17, 15) is 9.50 Å². The highest BCUT2D eigenvalue weighted by Crippen LogP contribution is 2.33. The number of rotatable bonds is 3. The second-order valence-corrected chi connectivity index (χ2v) is 6.47. The van der Waals surface area contributed by atoms with Crippen molar-refractivity contribution < 1.29 is 9.50 Å². The molecular formula is C16H15BrClFO. The second kappa shape index (κ2) is 5.84. The third-order valence-electron chi connectivity index (χ3n) is 3.35. The Labute approximate surface area is 131 Å². The quantitative estimate of drug-likeness (QED) is 0.819. The molecule has 0 aliphatic carbocycles. The van der Waals surface area contributed by atoms with Crippen LogP contribution in [0.4, 0.5) is 4.39 Å². The van der Waals surface area contributed by atoms with Crippen LogP contribution in [0.5, 0.6) is 0 Å². The Morgan fingerprint density at radius 1 is 1.25 bits per heavy atom. The summed E-state index contributed by atoms with van der Waals surface area (Å²) < 4.78 is 14.0. The highest BCUT2D eigenvalue weighted by Gasteiger charge is 2.26. The van der Waals surface area contributed by atoms with Crippen molar-refractivity contribution in [2.75, 3.05) is 0 Å². The first-order valence-corrected chi connectivity index (χ1v) is 7.39. The largest absolute Gasteiger partial charge is 0.385 e. The molecule has 0 radical (unpaired) electrons. The van der Waals surface area contributed by atoms with Crippen LogP contribution in [0.2, 0.25) is 5.02 Å². The molecule has 0 saturated heterocycles. The topological polar surface area (TPSA) is 20.2 Å². The van der Waals surface area contributed by atoms with Crippen molar-refractivity contribution in [2.24, 2.45) is 0 Å². The molecule has 2 aromatic rings. The van der Waals surface area contributed by atoms with Gasteiger partial charge in [-0.15, -0.1) is 0 Å². The normalized spacial score (nSPS) is 14.1. The number of aryl methyl sites for hydroxylation is 1. The SMILES string of the molecule is Cc1cc(F)ccc1CC(C)(O)c1ccc(Br)cc1Cl. The highest BCUT2D eigenvalue weighted by molar-refractivity contribution is 9.10. The summed E-state index contributed by atoms with van der Waals surface area (Å²) >= 11 is 9.54. The number of halogens is 3. The van der Waals surface area contributed by atoms with E-state index in [-0.39, 0.29) is 5.82 Å². The standard InChI is InChI=1S/C16H15BrClFO/c1-10-7-13(19)5-3-11(10)9-16(2,20)14-6-4-12(17)8-15(14)18/h3-8,20H,9H2,1-2H3. The van der Waals surface area contributed by atoms with Crippen LogP contribution in [-0.2, 0) is 12.0 Å². The lowest BCUT2D eigenvalue weighted by atomic mass is 9.87. The molecule has 0 saturated carbocycles. The van der Waals surface area contributed by atoms with E-state index in [1.54, 1.807) is 25.1 Å². The van der Waals surface area contributed by atoms with E-state index in [0.717, 1.165) is 15.6 Å². The van der Waals surface area contributed by atoms with Crippen LogP contribution in [0.3, 0.4) is 0 Å². The van der Waals surface area contributed by atoms with Gasteiger partial charge in [-0.2, -0.15) is 0 Å². The Balaban J connectivity index is 2.35. The number of aliphatic hydroxyl groups is 1. The minimum absolute atomic E-state index is 0.271. The van der Waals surface area contributed by atoms with Crippen LogP contribution in [0, 0.1) is 12.7 Å². The monoisotopic (exact) mass is 356 g/mol. The molecule has 1 N–H and O–H groups in total.